The summed E-state index contributed by atoms with van der Waals surface area (Å²) in [6.45, 7) is 3.37. The van der Waals surface area contributed by atoms with Crippen molar-refractivity contribution in [2.24, 2.45) is 0 Å². The predicted molar refractivity (Wildman–Crippen MR) is 92.1 cm³/mol. The second kappa shape index (κ2) is 7.70. The third-order valence-electron chi connectivity index (χ3n) is 3.25. The summed E-state index contributed by atoms with van der Waals surface area (Å²) in [6.07, 6.45) is 3.64. The van der Waals surface area contributed by atoms with Crippen LogP contribution in [0.1, 0.15) is 19.4 Å². The number of carbonyl (C=O) groups is 3. The van der Waals surface area contributed by atoms with Crippen LogP contribution in [0.3, 0.4) is 0 Å². The number of hydrogen-bond donors (Lipinski definition) is 0. The van der Waals surface area contributed by atoms with E-state index in [-0.39, 0.29) is 6.61 Å². The molecule has 1 aromatic rings. The number of nitrogens with zero attached hydrogens (tertiary/aromatic N) is 1. The summed E-state index contributed by atoms with van der Waals surface area (Å²) in [4.78, 5) is 38.6. The lowest BCUT2D eigenvalue weighted by atomic mass is 10.2. The molecule has 0 spiro atoms. The van der Waals surface area contributed by atoms with Crippen LogP contribution in [0.5, 0.6) is 0 Å². The molecular formula is C16H17NO4S2. The third kappa shape index (κ3) is 3.97. The number of imide groups is 1. The lowest BCUT2D eigenvalue weighted by Gasteiger charge is -2.19. The zero-order chi connectivity index (χ0) is 17.0. The highest BCUT2D eigenvalue weighted by molar-refractivity contribution is 8.18. The first-order valence-corrected chi connectivity index (χ1v) is 9.09. The van der Waals surface area contributed by atoms with E-state index in [4.69, 9.17) is 4.74 Å². The molecule has 1 fully saturated rings. The van der Waals surface area contributed by atoms with E-state index in [0.717, 1.165) is 27.1 Å². The summed E-state index contributed by atoms with van der Waals surface area (Å²) in [7, 11) is 0. The topological polar surface area (TPSA) is 63.7 Å². The summed E-state index contributed by atoms with van der Waals surface area (Å²) in [6, 6.07) is 6.74. The molecule has 1 atom stereocenters. The Hall–Kier alpha value is -1.73. The molecule has 122 valence electrons. The van der Waals surface area contributed by atoms with E-state index in [9.17, 15) is 14.4 Å². The highest BCUT2D eigenvalue weighted by atomic mass is 32.2. The summed E-state index contributed by atoms with van der Waals surface area (Å²) < 4.78 is 4.88. The highest BCUT2D eigenvalue weighted by Gasteiger charge is 2.41. The Labute approximate surface area is 143 Å². The molecule has 5 nitrogen and oxygen atoms in total. The Morgan fingerprint density at radius 1 is 1.35 bits per heavy atom. The number of hydrogen-bond acceptors (Lipinski definition) is 6. The molecule has 23 heavy (non-hydrogen) atoms. The van der Waals surface area contributed by atoms with Gasteiger partial charge in [-0.05, 0) is 55.6 Å². The van der Waals surface area contributed by atoms with E-state index in [2.05, 4.69) is 0 Å². The molecule has 0 aliphatic carbocycles. The first-order chi connectivity index (χ1) is 11.0. The van der Waals surface area contributed by atoms with Gasteiger partial charge in [-0.2, -0.15) is 0 Å². The molecule has 1 aliphatic rings. The minimum Gasteiger partial charge on any atom is -0.464 e. The minimum atomic E-state index is -0.924. The molecule has 0 saturated carbocycles. The van der Waals surface area contributed by atoms with Crippen LogP contribution in [-0.2, 0) is 14.3 Å². The van der Waals surface area contributed by atoms with Gasteiger partial charge in [-0.25, -0.2) is 4.79 Å². The maximum absolute atomic E-state index is 12.4. The van der Waals surface area contributed by atoms with Gasteiger partial charge in [0.1, 0.15) is 6.04 Å². The normalized spacial score (nSPS) is 17.7. The average molecular weight is 351 g/mol. The maximum Gasteiger partial charge on any atom is 0.329 e. The Kier molecular flexibility index (Phi) is 5.90. The quantitative estimate of drug-likeness (QED) is 0.460. The molecule has 1 saturated heterocycles. The molecule has 2 rings (SSSR count). The van der Waals surface area contributed by atoms with Crippen LogP contribution in [0.4, 0.5) is 4.79 Å². The van der Waals surface area contributed by atoms with Gasteiger partial charge in [-0.1, -0.05) is 12.1 Å². The molecule has 7 heteroatoms. The first-order valence-electron chi connectivity index (χ1n) is 7.05. The summed E-state index contributed by atoms with van der Waals surface area (Å²) >= 11 is 2.46. The van der Waals surface area contributed by atoms with Crippen LogP contribution in [0.25, 0.3) is 6.08 Å². The average Bonchev–Trinajstić information content (AvgIpc) is 2.81. The van der Waals surface area contributed by atoms with E-state index in [1.54, 1.807) is 24.8 Å². The molecule has 1 aliphatic heterocycles. The van der Waals surface area contributed by atoms with Gasteiger partial charge in [0, 0.05) is 4.90 Å². The lowest BCUT2D eigenvalue weighted by molar-refractivity contribution is -0.150. The summed E-state index contributed by atoms with van der Waals surface area (Å²) in [5.41, 5.74) is 0.831. The summed E-state index contributed by atoms with van der Waals surface area (Å²) in [5.74, 6) is -1.05. The van der Waals surface area contributed by atoms with Crippen LogP contribution >= 0.6 is 23.5 Å². The van der Waals surface area contributed by atoms with Gasteiger partial charge in [0.05, 0.1) is 11.5 Å². The van der Waals surface area contributed by atoms with Gasteiger partial charge >= 0.3 is 5.97 Å². The van der Waals surface area contributed by atoms with Crippen molar-refractivity contribution in [3.8, 4) is 0 Å². The number of thioether (sulfide) groups is 2. The fourth-order valence-electron chi connectivity index (χ4n) is 2.03. The standard InChI is InChI=1S/C16H17NO4S2/c1-4-21-15(19)10(2)17-14(18)13(23-16(17)20)9-11-5-7-12(22-3)8-6-11/h5-10H,4H2,1-3H3/b13-9-/t10-/m1/s1. The summed E-state index contributed by atoms with van der Waals surface area (Å²) in [5, 5.41) is -0.456. The minimum absolute atomic E-state index is 0.205. The number of carbonyl (C=O) groups excluding carboxylic acids is 3. The van der Waals surface area contributed by atoms with Crippen molar-refractivity contribution in [2.45, 2.75) is 24.8 Å². The van der Waals surface area contributed by atoms with Crippen molar-refractivity contribution in [2.75, 3.05) is 12.9 Å². The third-order valence-corrected chi connectivity index (χ3v) is 4.88. The second-order valence-electron chi connectivity index (χ2n) is 4.75. The monoisotopic (exact) mass is 351 g/mol. The van der Waals surface area contributed by atoms with Gasteiger partial charge in [0.25, 0.3) is 11.1 Å². The zero-order valence-corrected chi connectivity index (χ0v) is 14.7. The Bertz CT molecular complexity index is 655. The van der Waals surface area contributed by atoms with Crippen LogP contribution < -0.4 is 0 Å². The van der Waals surface area contributed by atoms with E-state index in [0.29, 0.717) is 4.91 Å². The van der Waals surface area contributed by atoms with Crippen LogP contribution in [0, 0.1) is 0 Å². The first kappa shape index (κ1) is 17.6. The molecule has 1 heterocycles. The van der Waals surface area contributed by atoms with Crippen molar-refractivity contribution < 1.29 is 19.1 Å². The Balaban J connectivity index is 2.19. The largest absolute Gasteiger partial charge is 0.464 e. The van der Waals surface area contributed by atoms with E-state index < -0.39 is 23.2 Å². The highest BCUT2D eigenvalue weighted by Crippen LogP contribution is 2.34. The number of benzene rings is 1. The lowest BCUT2D eigenvalue weighted by Crippen LogP contribution is -2.42. The van der Waals surface area contributed by atoms with E-state index in [1.807, 2.05) is 30.5 Å². The molecule has 1 aromatic carbocycles. The molecular weight excluding hydrogens is 334 g/mol. The van der Waals surface area contributed by atoms with E-state index in [1.165, 1.54) is 6.92 Å². The Morgan fingerprint density at radius 2 is 2.00 bits per heavy atom. The Morgan fingerprint density at radius 3 is 2.57 bits per heavy atom. The van der Waals surface area contributed by atoms with Crippen LogP contribution in [0.15, 0.2) is 34.1 Å². The number of rotatable bonds is 5. The van der Waals surface area contributed by atoms with E-state index >= 15 is 0 Å². The zero-order valence-electron chi connectivity index (χ0n) is 13.1. The van der Waals surface area contributed by atoms with Crippen molar-refractivity contribution in [3.05, 3.63) is 34.7 Å². The molecule has 0 N–H and O–H groups in total. The molecule has 0 aromatic heterocycles. The second-order valence-corrected chi connectivity index (χ2v) is 6.63. The van der Waals surface area contributed by atoms with Crippen LogP contribution in [-0.4, -0.2) is 40.9 Å². The fraction of sp³-hybridized carbons (Fsp3) is 0.312. The predicted octanol–water partition coefficient (Wildman–Crippen LogP) is 3.40. The van der Waals surface area contributed by atoms with Gasteiger partial charge in [0.15, 0.2) is 0 Å². The molecule has 2 amide bonds. The number of ether oxygens (including phenoxy) is 1. The van der Waals surface area contributed by atoms with Gasteiger partial charge in [-0.3, -0.25) is 14.5 Å². The van der Waals surface area contributed by atoms with Gasteiger partial charge < -0.3 is 4.74 Å². The van der Waals surface area contributed by atoms with Crippen molar-refractivity contribution in [1.29, 1.82) is 0 Å². The van der Waals surface area contributed by atoms with Crippen molar-refractivity contribution >= 4 is 46.7 Å². The number of amides is 2. The SMILES string of the molecule is CCOC(=O)[C@@H](C)N1C(=O)S/C(=C\c2ccc(SC)cc2)C1=O. The van der Waals surface area contributed by atoms with Gasteiger partial charge in [0.2, 0.25) is 0 Å². The van der Waals surface area contributed by atoms with Crippen LogP contribution in [0.2, 0.25) is 0 Å². The van der Waals surface area contributed by atoms with Crippen molar-refractivity contribution in [1.82, 2.24) is 4.90 Å². The smallest absolute Gasteiger partial charge is 0.329 e. The molecule has 0 bridgehead atoms. The van der Waals surface area contributed by atoms with Crippen molar-refractivity contribution in [3.63, 3.8) is 0 Å². The molecule has 0 radical (unpaired) electrons. The number of esters is 1. The maximum atomic E-state index is 12.4. The fourth-order valence-corrected chi connectivity index (χ4v) is 3.35. The van der Waals surface area contributed by atoms with Gasteiger partial charge in [-0.15, -0.1) is 11.8 Å². The molecule has 0 unspecified atom stereocenters.